The van der Waals surface area contributed by atoms with Crippen molar-refractivity contribution in [3.8, 4) is 0 Å². The molecule has 0 aliphatic heterocycles. The number of rotatable bonds is 2. The van der Waals surface area contributed by atoms with E-state index in [-0.39, 0.29) is 0 Å². The summed E-state index contributed by atoms with van der Waals surface area (Å²) in [6.07, 6.45) is 0. The summed E-state index contributed by atoms with van der Waals surface area (Å²) in [4.78, 5) is 1.82. The fraction of sp³-hybridized carbons (Fsp3) is 0.125. The highest BCUT2D eigenvalue weighted by Crippen LogP contribution is 2.32. The lowest BCUT2D eigenvalue weighted by Crippen LogP contribution is -1.85. The van der Waals surface area contributed by atoms with Crippen molar-refractivity contribution in [1.82, 2.24) is 0 Å². The molecule has 0 amide bonds. The van der Waals surface area contributed by atoms with E-state index in [2.05, 4.69) is 75.5 Å². The maximum atomic E-state index is 4.61. The first-order valence-corrected chi connectivity index (χ1v) is 6.73. The Hall–Kier alpha value is -1.12. The third-order valence-electron chi connectivity index (χ3n) is 2.81. The van der Waals surface area contributed by atoms with E-state index in [0.29, 0.717) is 0 Å². The molecule has 0 saturated carbocycles. The predicted molar refractivity (Wildman–Crippen MR) is 87.1 cm³/mol. The molecule has 0 aliphatic rings. The molecule has 92 valence electrons. The van der Waals surface area contributed by atoms with Crippen molar-refractivity contribution >= 4 is 35.1 Å². The van der Waals surface area contributed by atoms with Gasteiger partial charge in [0.05, 0.1) is 0 Å². The van der Waals surface area contributed by atoms with Crippen LogP contribution in [-0.4, -0.2) is 0 Å². The maximum absolute atomic E-state index is 4.61. The molecule has 2 aromatic carbocycles. The highest BCUT2D eigenvalue weighted by molar-refractivity contribution is 7.96. The molecule has 0 saturated heterocycles. The van der Waals surface area contributed by atoms with Crippen LogP contribution in [0, 0.1) is 13.8 Å². The monoisotopic (exact) mass is 272 g/mol. The van der Waals surface area contributed by atoms with Crippen molar-refractivity contribution in [3.63, 3.8) is 0 Å². The molecule has 0 heterocycles. The van der Waals surface area contributed by atoms with Crippen LogP contribution in [0.1, 0.15) is 22.3 Å². The molecular weight excluding hydrogens is 256 g/mol. The zero-order valence-electron chi connectivity index (χ0n) is 10.5. The molecule has 0 atom stereocenters. The van der Waals surface area contributed by atoms with Gasteiger partial charge in [0, 0.05) is 9.81 Å². The zero-order chi connectivity index (χ0) is 13.1. The standard InChI is InChI=1S/C16H16S2/c1-11-5-3-7-13(9-11)15(17)16(18)14-8-4-6-12(2)10-14/h3-10,17-18H,1-2H3. The second-order valence-corrected chi connectivity index (χ2v) is 5.33. The van der Waals surface area contributed by atoms with E-state index in [4.69, 9.17) is 0 Å². The van der Waals surface area contributed by atoms with Crippen molar-refractivity contribution in [1.29, 1.82) is 0 Å². The summed E-state index contributed by atoms with van der Waals surface area (Å²) >= 11 is 9.22. The third kappa shape index (κ3) is 3.01. The molecule has 0 spiro atoms. The molecule has 2 aromatic rings. The number of hydrogen-bond acceptors (Lipinski definition) is 2. The quantitative estimate of drug-likeness (QED) is 0.558. The number of aryl methyl sites for hydroxylation is 2. The van der Waals surface area contributed by atoms with Crippen LogP contribution in [0.4, 0.5) is 0 Å². The van der Waals surface area contributed by atoms with Gasteiger partial charge in [0.25, 0.3) is 0 Å². The van der Waals surface area contributed by atoms with Crippen LogP contribution < -0.4 is 0 Å². The molecule has 2 heteroatoms. The lowest BCUT2D eigenvalue weighted by molar-refractivity contribution is 1.45. The predicted octanol–water partition coefficient (Wildman–Crippen LogP) is 4.99. The summed E-state index contributed by atoms with van der Waals surface area (Å²) in [5.41, 5.74) is 4.66. The van der Waals surface area contributed by atoms with Gasteiger partial charge >= 0.3 is 0 Å². The van der Waals surface area contributed by atoms with Crippen LogP contribution in [0.2, 0.25) is 0 Å². The van der Waals surface area contributed by atoms with Crippen molar-refractivity contribution in [2.75, 3.05) is 0 Å². The van der Waals surface area contributed by atoms with Gasteiger partial charge in [-0.15, -0.1) is 25.3 Å². The average Bonchev–Trinajstić information content (AvgIpc) is 2.37. The summed E-state index contributed by atoms with van der Waals surface area (Å²) in [6.45, 7) is 4.16. The Morgan fingerprint density at radius 3 is 1.44 bits per heavy atom. The number of hydrogen-bond donors (Lipinski definition) is 2. The largest absolute Gasteiger partial charge is 0.142 e. The highest BCUT2D eigenvalue weighted by atomic mass is 32.1. The first-order chi connectivity index (χ1) is 8.58. The lowest BCUT2D eigenvalue weighted by atomic mass is 10.1. The third-order valence-corrected chi connectivity index (χ3v) is 3.95. The molecule has 0 unspecified atom stereocenters. The van der Waals surface area contributed by atoms with Crippen LogP contribution in [-0.2, 0) is 0 Å². The SMILES string of the molecule is Cc1cccc(C(S)=C(S)c2cccc(C)c2)c1. The van der Waals surface area contributed by atoms with E-state index in [1.165, 1.54) is 11.1 Å². The van der Waals surface area contributed by atoms with E-state index in [0.717, 1.165) is 20.9 Å². The molecule has 0 aromatic heterocycles. The van der Waals surface area contributed by atoms with Gasteiger partial charge in [-0.25, -0.2) is 0 Å². The van der Waals surface area contributed by atoms with Gasteiger partial charge in [-0.2, -0.15) is 0 Å². The molecule has 18 heavy (non-hydrogen) atoms. The molecule has 0 nitrogen and oxygen atoms in total. The Morgan fingerprint density at radius 1 is 0.722 bits per heavy atom. The molecule has 0 bridgehead atoms. The number of benzene rings is 2. The van der Waals surface area contributed by atoms with E-state index in [9.17, 15) is 0 Å². The Balaban J connectivity index is 2.47. The summed E-state index contributed by atoms with van der Waals surface area (Å²) in [5, 5.41) is 0. The Bertz CT molecular complexity index is 544. The van der Waals surface area contributed by atoms with Crippen molar-refractivity contribution < 1.29 is 0 Å². The molecule has 0 aliphatic carbocycles. The second kappa shape index (κ2) is 5.68. The van der Waals surface area contributed by atoms with Crippen molar-refractivity contribution in [3.05, 3.63) is 70.8 Å². The van der Waals surface area contributed by atoms with Gasteiger partial charge in [-0.05, 0) is 25.0 Å². The number of thiol groups is 2. The van der Waals surface area contributed by atoms with Gasteiger partial charge < -0.3 is 0 Å². The normalized spacial score (nSPS) is 12.2. The summed E-state index contributed by atoms with van der Waals surface area (Å²) < 4.78 is 0. The first-order valence-electron chi connectivity index (χ1n) is 5.84. The van der Waals surface area contributed by atoms with E-state index >= 15 is 0 Å². The Labute approximate surface area is 120 Å². The van der Waals surface area contributed by atoms with Crippen LogP contribution in [0.15, 0.2) is 48.5 Å². The summed E-state index contributed by atoms with van der Waals surface area (Å²) in [6, 6.07) is 16.6. The zero-order valence-corrected chi connectivity index (χ0v) is 12.3. The second-order valence-electron chi connectivity index (χ2n) is 4.44. The Morgan fingerprint density at radius 2 is 1.11 bits per heavy atom. The fourth-order valence-electron chi connectivity index (χ4n) is 1.86. The van der Waals surface area contributed by atoms with Crippen molar-refractivity contribution in [2.24, 2.45) is 0 Å². The molecular formula is C16H16S2. The molecule has 0 N–H and O–H groups in total. The highest BCUT2D eigenvalue weighted by Gasteiger charge is 2.05. The van der Waals surface area contributed by atoms with E-state index in [1.807, 2.05) is 12.1 Å². The van der Waals surface area contributed by atoms with Crippen LogP contribution in [0.3, 0.4) is 0 Å². The lowest BCUT2D eigenvalue weighted by Gasteiger charge is -2.08. The van der Waals surface area contributed by atoms with Gasteiger partial charge in [-0.1, -0.05) is 59.7 Å². The fourth-order valence-corrected chi connectivity index (χ4v) is 2.39. The minimum atomic E-state index is 0.910. The topological polar surface area (TPSA) is 0 Å². The van der Waals surface area contributed by atoms with E-state index < -0.39 is 0 Å². The molecule has 2 rings (SSSR count). The van der Waals surface area contributed by atoms with Gasteiger partial charge in [-0.3, -0.25) is 0 Å². The minimum Gasteiger partial charge on any atom is -0.142 e. The summed E-state index contributed by atoms with van der Waals surface area (Å²) in [7, 11) is 0. The van der Waals surface area contributed by atoms with Crippen LogP contribution in [0.5, 0.6) is 0 Å². The van der Waals surface area contributed by atoms with Gasteiger partial charge in [0.1, 0.15) is 0 Å². The maximum Gasteiger partial charge on any atom is 0.0253 e. The van der Waals surface area contributed by atoms with Crippen LogP contribution >= 0.6 is 25.3 Å². The molecule has 0 radical (unpaired) electrons. The van der Waals surface area contributed by atoms with Gasteiger partial charge in [0.15, 0.2) is 0 Å². The average molecular weight is 272 g/mol. The first kappa shape index (κ1) is 13.3. The Kier molecular flexibility index (Phi) is 4.20. The van der Waals surface area contributed by atoms with Crippen molar-refractivity contribution in [2.45, 2.75) is 13.8 Å². The van der Waals surface area contributed by atoms with E-state index in [1.54, 1.807) is 0 Å². The van der Waals surface area contributed by atoms with Crippen LogP contribution in [0.25, 0.3) is 9.81 Å². The molecule has 0 fully saturated rings. The van der Waals surface area contributed by atoms with Gasteiger partial charge in [0.2, 0.25) is 0 Å². The smallest absolute Gasteiger partial charge is 0.0253 e. The minimum absolute atomic E-state index is 0.910. The summed E-state index contributed by atoms with van der Waals surface area (Å²) in [5.74, 6) is 0.